The van der Waals surface area contributed by atoms with Gasteiger partial charge in [-0.25, -0.2) is 9.97 Å². The molecule has 0 atom stereocenters. The number of aromatic nitrogens is 3. The summed E-state index contributed by atoms with van der Waals surface area (Å²) in [6.07, 6.45) is -3.79. The van der Waals surface area contributed by atoms with E-state index in [2.05, 4.69) is 14.7 Å². The summed E-state index contributed by atoms with van der Waals surface area (Å²) in [5.74, 6) is -0.273. The van der Waals surface area contributed by atoms with E-state index in [4.69, 9.17) is 11.6 Å². The van der Waals surface area contributed by atoms with Gasteiger partial charge in [-0.3, -0.25) is 0 Å². The normalized spacial score (nSPS) is 12.0. The zero-order valence-electron chi connectivity index (χ0n) is 12.7. The number of hydrogen-bond donors (Lipinski definition) is 0. The summed E-state index contributed by atoms with van der Waals surface area (Å²) in [4.78, 5) is 7.94. The molecular weight excluding hydrogens is 401 g/mol. The minimum atomic E-state index is -4.63. The third-order valence-corrected chi connectivity index (χ3v) is 4.41. The third-order valence-electron chi connectivity index (χ3n) is 3.18. The van der Waals surface area contributed by atoms with Gasteiger partial charge in [-0.1, -0.05) is 17.7 Å². The number of ether oxygens (including phenoxy) is 1. The summed E-state index contributed by atoms with van der Waals surface area (Å²) in [5, 5.41) is 0. The second-order valence-corrected chi connectivity index (χ2v) is 6.74. The second kappa shape index (κ2) is 7.20. The zero-order valence-corrected chi connectivity index (χ0v) is 14.2. The Balaban J connectivity index is 1.97. The highest BCUT2D eigenvalue weighted by Gasteiger charge is 2.35. The first kappa shape index (κ1) is 18.6. The molecule has 138 valence electrons. The van der Waals surface area contributed by atoms with Gasteiger partial charge in [0.25, 0.3) is 0 Å². The summed E-state index contributed by atoms with van der Waals surface area (Å²) in [6.45, 7) is -3.17. The van der Waals surface area contributed by atoms with Crippen LogP contribution < -0.4 is 4.74 Å². The first-order valence-corrected chi connectivity index (χ1v) is 8.22. The average molecular weight is 410 g/mol. The number of nitrogens with zero attached hydrogens (tertiary/aromatic N) is 3. The van der Waals surface area contributed by atoms with E-state index in [-0.39, 0.29) is 23.9 Å². The fraction of sp³-hybridized carbons (Fsp3) is 0.200. The van der Waals surface area contributed by atoms with Gasteiger partial charge in [0.05, 0.1) is 21.5 Å². The number of hydrogen-bond acceptors (Lipinski definition) is 4. The van der Waals surface area contributed by atoms with E-state index in [9.17, 15) is 22.0 Å². The maximum atomic E-state index is 13.0. The van der Waals surface area contributed by atoms with Crippen LogP contribution in [0.1, 0.15) is 11.4 Å². The predicted molar refractivity (Wildman–Crippen MR) is 85.5 cm³/mol. The SMILES string of the molecule is FC(F)Oc1cccc(Cn2cc(C(F)(F)F)nc2-c2ccc(Cl)s2)n1. The summed E-state index contributed by atoms with van der Waals surface area (Å²) in [7, 11) is 0. The molecule has 0 fully saturated rings. The topological polar surface area (TPSA) is 39.9 Å². The molecule has 11 heteroatoms. The number of pyridine rings is 1. The molecule has 4 nitrogen and oxygen atoms in total. The van der Waals surface area contributed by atoms with E-state index in [1.807, 2.05) is 0 Å². The fourth-order valence-electron chi connectivity index (χ4n) is 2.18. The van der Waals surface area contributed by atoms with Crippen molar-refractivity contribution in [3.63, 3.8) is 0 Å². The van der Waals surface area contributed by atoms with Crippen LogP contribution in [0, 0.1) is 0 Å². The Kier molecular flexibility index (Phi) is 5.15. The van der Waals surface area contributed by atoms with Gasteiger partial charge in [0, 0.05) is 12.3 Å². The molecule has 0 unspecified atom stereocenters. The van der Waals surface area contributed by atoms with Gasteiger partial charge in [-0.15, -0.1) is 11.3 Å². The molecule has 0 N–H and O–H groups in total. The molecule has 0 aliphatic rings. The Morgan fingerprint density at radius 2 is 1.92 bits per heavy atom. The van der Waals surface area contributed by atoms with Crippen LogP contribution >= 0.6 is 22.9 Å². The van der Waals surface area contributed by atoms with E-state index in [1.54, 1.807) is 12.1 Å². The lowest BCUT2D eigenvalue weighted by atomic mass is 10.3. The van der Waals surface area contributed by atoms with Gasteiger partial charge in [0.1, 0.15) is 0 Å². The van der Waals surface area contributed by atoms with Crippen molar-refractivity contribution in [1.82, 2.24) is 14.5 Å². The van der Waals surface area contributed by atoms with Crippen LogP contribution in [0.2, 0.25) is 4.34 Å². The Morgan fingerprint density at radius 1 is 1.15 bits per heavy atom. The molecule has 0 aromatic carbocycles. The van der Waals surface area contributed by atoms with Gasteiger partial charge in [0.2, 0.25) is 5.88 Å². The molecule has 0 radical (unpaired) electrons. The zero-order chi connectivity index (χ0) is 18.9. The molecule has 26 heavy (non-hydrogen) atoms. The van der Waals surface area contributed by atoms with Crippen molar-refractivity contribution in [2.24, 2.45) is 0 Å². The molecule has 3 aromatic rings. The van der Waals surface area contributed by atoms with Gasteiger partial charge >= 0.3 is 12.8 Å². The van der Waals surface area contributed by atoms with Crippen LogP contribution in [0.5, 0.6) is 5.88 Å². The Hall–Kier alpha value is -2.20. The fourth-order valence-corrected chi connectivity index (χ4v) is 3.23. The van der Waals surface area contributed by atoms with Gasteiger partial charge < -0.3 is 9.30 Å². The molecule has 0 aliphatic carbocycles. The standard InChI is InChI=1S/C15H9ClF5N3OS/c16-11-5-4-9(26-11)13-23-10(15(19,20)21)7-24(13)6-8-2-1-3-12(22-8)25-14(17)18/h1-5,7,14H,6H2. The first-order valence-electron chi connectivity index (χ1n) is 7.03. The van der Waals surface area contributed by atoms with Crippen LogP contribution in [0.25, 0.3) is 10.7 Å². The third kappa shape index (κ3) is 4.31. The lowest BCUT2D eigenvalue weighted by Crippen LogP contribution is -2.07. The van der Waals surface area contributed by atoms with Crippen molar-refractivity contribution in [2.45, 2.75) is 19.3 Å². The van der Waals surface area contributed by atoms with E-state index >= 15 is 0 Å². The van der Waals surface area contributed by atoms with Crippen LogP contribution in [0.15, 0.2) is 36.5 Å². The largest absolute Gasteiger partial charge is 0.434 e. The van der Waals surface area contributed by atoms with Gasteiger partial charge in [0.15, 0.2) is 11.5 Å². The number of imidazole rings is 1. The smallest absolute Gasteiger partial charge is 0.417 e. The maximum absolute atomic E-state index is 13.0. The Morgan fingerprint density at radius 3 is 2.54 bits per heavy atom. The molecule has 0 bridgehead atoms. The van der Waals surface area contributed by atoms with Crippen molar-refractivity contribution in [3.05, 3.63) is 52.3 Å². The van der Waals surface area contributed by atoms with Gasteiger partial charge in [-0.05, 0) is 18.2 Å². The van der Waals surface area contributed by atoms with Crippen LogP contribution in [-0.2, 0) is 12.7 Å². The van der Waals surface area contributed by atoms with Crippen molar-refractivity contribution in [2.75, 3.05) is 0 Å². The van der Waals surface area contributed by atoms with Gasteiger partial charge in [-0.2, -0.15) is 22.0 Å². The highest BCUT2D eigenvalue weighted by Crippen LogP contribution is 2.35. The molecule has 0 spiro atoms. The monoisotopic (exact) mass is 409 g/mol. The van der Waals surface area contributed by atoms with E-state index in [0.717, 1.165) is 17.5 Å². The minimum Gasteiger partial charge on any atom is -0.417 e. The molecule has 0 aliphatic heterocycles. The van der Waals surface area contributed by atoms with E-state index in [1.165, 1.54) is 22.8 Å². The quantitative estimate of drug-likeness (QED) is 0.535. The molecule has 3 rings (SSSR count). The molecule has 0 amide bonds. The molecule has 3 heterocycles. The van der Waals surface area contributed by atoms with E-state index < -0.39 is 18.5 Å². The summed E-state index contributed by atoms with van der Waals surface area (Å²) in [5.41, 5.74) is -0.838. The number of rotatable bonds is 5. The maximum Gasteiger partial charge on any atom is 0.434 e. The second-order valence-electron chi connectivity index (χ2n) is 5.02. The predicted octanol–water partition coefficient (Wildman–Crippen LogP) is 5.33. The summed E-state index contributed by atoms with van der Waals surface area (Å²) in [6, 6.07) is 7.23. The number of thiophene rings is 1. The highest BCUT2D eigenvalue weighted by molar-refractivity contribution is 7.19. The van der Waals surface area contributed by atoms with Crippen LogP contribution in [0.4, 0.5) is 22.0 Å². The minimum absolute atomic E-state index is 0.0520. The lowest BCUT2D eigenvalue weighted by Gasteiger charge is -2.08. The van der Waals surface area contributed by atoms with Crippen LogP contribution in [-0.4, -0.2) is 21.1 Å². The Bertz CT molecular complexity index is 909. The number of alkyl halides is 5. The van der Waals surface area contributed by atoms with E-state index in [0.29, 0.717) is 9.21 Å². The molecule has 0 saturated carbocycles. The lowest BCUT2D eigenvalue weighted by molar-refractivity contribution is -0.140. The van der Waals surface area contributed by atoms with Crippen molar-refractivity contribution >= 4 is 22.9 Å². The highest BCUT2D eigenvalue weighted by atomic mass is 35.5. The van der Waals surface area contributed by atoms with Crippen LogP contribution in [0.3, 0.4) is 0 Å². The molecular formula is C15H9ClF5N3OS. The number of halogens is 6. The van der Waals surface area contributed by atoms with Crippen molar-refractivity contribution in [1.29, 1.82) is 0 Å². The van der Waals surface area contributed by atoms with Crippen molar-refractivity contribution < 1.29 is 26.7 Å². The van der Waals surface area contributed by atoms with Crippen molar-refractivity contribution in [3.8, 4) is 16.6 Å². The average Bonchev–Trinajstić information content (AvgIpc) is 3.13. The molecule has 3 aromatic heterocycles. The molecule has 0 saturated heterocycles. The Labute approximate surface area is 152 Å². The summed E-state index contributed by atoms with van der Waals surface area (Å²) >= 11 is 6.92. The first-order chi connectivity index (χ1) is 12.2. The summed E-state index contributed by atoms with van der Waals surface area (Å²) < 4.78 is 69.5.